The van der Waals surface area contributed by atoms with Crippen molar-refractivity contribution >= 4 is 5.97 Å². The predicted octanol–water partition coefficient (Wildman–Crippen LogP) is 1.99. The van der Waals surface area contributed by atoms with Gasteiger partial charge in [0.15, 0.2) is 0 Å². The maximum absolute atomic E-state index is 10.7. The lowest BCUT2D eigenvalue weighted by molar-refractivity contribution is -0.142. The molecule has 0 aromatic heterocycles. The Morgan fingerprint density at radius 3 is 2.35 bits per heavy atom. The van der Waals surface area contributed by atoms with Crippen LogP contribution in [0.25, 0.3) is 0 Å². The van der Waals surface area contributed by atoms with Crippen molar-refractivity contribution in [3.05, 3.63) is 28.8 Å². The average molecular weight is 238 g/mol. The molecule has 0 saturated carbocycles. The van der Waals surface area contributed by atoms with Crippen molar-refractivity contribution in [1.29, 1.82) is 0 Å². The highest BCUT2D eigenvalue weighted by atomic mass is 16.5. The van der Waals surface area contributed by atoms with Crippen molar-refractivity contribution < 1.29 is 19.7 Å². The van der Waals surface area contributed by atoms with E-state index in [0.29, 0.717) is 11.3 Å². The number of ether oxygens (including phenoxy) is 1. The van der Waals surface area contributed by atoms with Crippen molar-refractivity contribution in [1.82, 2.24) is 0 Å². The summed E-state index contributed by atoms with van der Waals surface area (Å²) in [7, 11) is 1.50. The minimum absolute atomic E-state index is 0.355. The molecule has 0 spiro atoms. The van der Waals surface area contributed by atoms with Gasteiger partial charge in [-0.25, -0.2) is 0 Å². The van der Waals surface area contributed by atoms with Gasteiger partial charge in [-0.2, -0.15) is 0 Å². The molecular weight excluding hydrogens is 220 g/mol. The van der Waals surface area contributed by atoms with Gasteiger partial charge >= 0.3 is 5.97 Å². The van der Waals surface area contributed by atoms with Gasteiger partial charge in [0.05, 0.1) is 13.5 Å². The number of carboxylic acids is 1. The van der Waals surface area contributed by atoms with Gasteiger partial charge in [-0.3, -0.25) is 4.79 Å². The molecule has 1 unspecified atom stereocenters. The lowest BCUT2D eigenvalue weighted by atomic mass is 9.89. The predicted molar refractivity (Wildman–Crippen MR) is 64.3 cm³/mol. The number of benzene rings is 1. The molecule has 0 saturated heterocycles. The van der Waals surface area contributed by atoms with Crippen molar-refractivity contribution in [2.75, 3.05) is 7.11 Å². The van der Waals surface area contributed by atoms with Gasteiger partial charge in [-0.05, 0) is 44.0 Å². The number of carbonyl (C=O) groups is 1. The standard InChI is InChI=1S/C13H18O4/c1-8-5-10(11(17-4)6-9(8)2)13(3,16)7-12(14)15/h5-6,16H,7H2,1-4H3,(H,14,15). The summed E-state index contributed by atoms with van der Waals surface area (Å²) >= 11 is 0. The minimum atomic E-state index is -1.43. The van der Waals surface area contributed by atoms with Crippen LogP contribution in [0.2, 0.25) is 0 Å². The first-order valence-electron chi connectivity index (χ1n) is 5.38. The third kappa shape index (κ3) is 2.97. The number of aliphatic hydroxyl groups is 1. The van der Waals surface area contributed by atoms with Crippen molar-refractivity contribution in [2.45, 2.75) is 32.8 Å². The van der Waals surface area contributed by atoms with E-state index in [1.165, 1.54) is 14.0 Å². The Balaban J connectivity index is 3.28. The Kier molecular flexibility index (Phi) is 3.78. The van der Waals surface area contributed by atoms with Crippen molar-refractivity contribution in [2.24, 2.45) is 0 Å². The fourth-order valence-electron chi connectivity index (χ4n) is 1.77. The second-order valence-corrected chi connectivity index (χ2v) is 4.48. The number of methoxy groups -OCH3 is 1. The van der Waals surface area contributed by atoms with Crippen LogP contribution in [-0.2, 0) is 10.4 Å². The molecule has 0 amide bonds. The zero-order valence-corrected chi connectivity index (χ0v) is 10.6. The summed E-state index contributed by atoms with van der Waals surface area (Å²) < 4.78 is 5.20. The topological polar surface area (TPSA) is 66.8 Å². The molecule has 1 atom stereocenters. The molecule has 0 bridgehead atoms. The highest BCUT2D eigenvalue weighted by molar-refractivity contribution is 5.69. The highest BCUT2D eigenvalue weighted by Gasteiger charge is 2.30. The van der Waals surface area contributed by atoms with Crippen molar-refractivity contribution in [3.8, 4) is 5.75 Å². The fraction of sp³-hybridized carbons (Fsp3) is 0.462. The fourth-order valence-corrected chi connectivity index (χ4v) is 1.77. The molecule has 94 valence electrons. The molecule has 0 heterocycles. The van der Waals surface area contributed by atoms with E-state index in [1.807, 2.05) is 13.8 Å². The largest absolute Gasteiger partial charge is 0.496 e. The maximum atomic E-state index is 10.7. The van der Waals surface area contributed by atoms with Crippen LogP contribution in [0.15, 0.2) is 12.1 Å². The van der Waals surface area contributed by atoms with E-state index in [9.17, 15) is 9.90 Å². The van der Waals surface area contributed by atoms with Crippen molar-refractivity contribution in [3.63, 3.8) is 0 Å². The van der Waals surface area contributed by atoms with Gasteiger partial charge in [0.2, 0.25) is 0 Å². The van der Waals surface area contributed by atoms with E-state index >= 15 is 0 Å². The monoisotopic (exact) mass is 238 g/mol. The Labute approximate surface area is 101 Å². The summed E-state index contributed by atoms with van der Waals surface area (Å²) in [6.45, 7) is 5.33. The normalized spacial score (nSPS) is 14.2. The van der Waals surface area contributed by atoms with Crippen LogP contribution in [-0.4, -0.2) is 23.3 Å². The molecule has 17 heavy (non-hydrogen) atoms. The van der Waals surface area contributed by atoms with Crippen LogP contribution in [0.3, 0.4) is 0 Å². The Morgan fingerprint density at radius 1 is 1.35 bits per heavy atom. The third-order valence-corrected chi connectivity index (χ3v) is 2.89. The maximum Gasteiger partial charge on any atom is 0.306 e. The molecule has 0 aliphatic heterocycles. The summed E-state index contributed by atoms with van der Waals surface area (Å²) in [4.78, 5) is 10.7. The summed E-state index contributed by atoms with van der Waals surface area (Å²) in [6.07, 6.45) is -0.355. The number of hydrogen-bond donors (Lipinski definition) is 2. The minimum Gasteiger partial charge on any atom is -0.496 e. The zero-order chi connectivity index (χ0) is 13.2. The van der Waals surface area contributed by atoms with Gasteiger partial charge in [0.1, 0.15) is 11.4 Å². The lowest BCUT2D eigenvalue weighted by Gasteiger charge is -2.25. The molecule has 2 N–H and O–H groups in total. The molecule has 0 aliphatic carbocycles. The SMILES string of the molecule is COc1cc(C)c(C)cc1C(C)(O)CC(=O)O. The molecule has 4 nitrogen and oxygen atoms in total. The Bertz CT molecular complexity index is 435. The summed E-state index contributed by atoms with van der Waals surface area (Å²) in [5.74, 6) is -0.533. The molecule has 4 heteroatoms. The van der Waals surface area contributed by atoms with E-state index in [0.717, 1.165) is 11.1 Å². The first kappa shape index (κ1) is 13.5. The molecule has 0 aliphatic rings. The van der Waals surface area contributed by atoms with E-state index in [-0.39, 0.29) is 6.42 Å². The van der Waals surface area contributed by atoms with E-state index < -0.39 is 11.6 Å². The van der Waals surface area contributed by atoms with Gasteiger partial charge in [0, 0.05) is 5.56 Å². The van der Waals surface area contributed by atoms with Crippen LogP contribution in [0, 0.1) is 13.8 Å². The van der Waals surface area contributed by atoms with Gasteiger partial charge in [-0.15, -0.1) is 0 Å². The van der Waals surface area contributed by atoms with Crippen LogP contribution in [0.1, 0.15) is 30.0 Å². The molecule has 0 radical (unpaired) electrons. The smallest absolute Gasteiger partial charge is 0.306 e. The van der Waals surface area contributed by atoms with Gasteiger partial charge in [0.25, 0.3) is 0 Å². The van der Waals surface area contributed by atoms with Crippen LogP contribution in [0.4, 0.5) is 0 Å². The summed E-state index contributed by atoms with van der Waals surface area (Å²) in [6, 6.07) is 3.58. The van der Waals surface area contributed by atoms with Crippen LogP contribution < -0.4 is 4.74 Å². The number of carboxylic acid groups (broad SMARTS) is 1. The van der Waals surface area contributed by atoms with Gasteiger partial charge in [-0.1, -0.05) is 0 Å². The summed E-state index contributed by atoms with van der Waals surface area (Å²) in [5, 5.41) is 19.0. The average Bonchev–Trinajstić information content (AvgIpc) is 2.19. The second-order valence-electron chi connectivity index (χ2n) is 4.48. The molecule has 1 aromatic rings. The lowest BCUT2D eigenvalue weighted by Crippen LogP contribution is -2.26. The van der Waals surface area contributed by atoms with Crippen LogP contribution in [0.5, 0.6) is 5.75 Å². The quantitative estimate of drug-likeness (QED) is 0.841. The summed E-state index contributed by atoms with van der Waals surface area (Å²) in [5.41, 5.74) is 1.10. The molecule has 0 fully saturated rings. The third-order valence-electron chi connectivity index (χ3n) is 2.89. The van der Waals surface area contributed by atoms with Crippen LogP contribution >= 0.6 is 0 Å². The molecule has 1 aromatic carbocycles. The Hall–Kier alpha value is -1.55. The number of aliphatic carboxylic acids is 1. The molecule has 1 rings (SSSR count). The van der Waals surface area contributed by atoms with Gasteiger partial charge < -0.3 is 14.9 Å². The Morgan fingerprint density at radius 2 is 1.88 bits per heavy atom. The number of rotatable bonds is 4. The second kappa shape index (κ2) is 4.75. The van der Waals surface area contributed by atoms with E-state index in [1.54, 1.807) is 12.1 Å². The molecular formula is C13H18O4. The number of aryl methyl sites for hydroxylation is 2. The first-order chi connectivity index (χ1) is 7.77. The van der Waals surface area contributed by atoms with E-state index in [2.05, 4.69) is 0 Å². The number of hydrogen-bond acceptors (Lipinski definition) is 3. The first-order valence-corrected chi connectivity index (χ1v) is 5.38. The highest BCUT2D eigenvalue weighted by Crippen LogP contribution is 2.34. The zero-order valence-electron chi connectivity index (χ0n) is 10.6. The van der Waals surface area contributed by atoms with E-state index in [4.69, 9.17) is 9.84 Å².